The summed E-state index contributed by atoms with van der Waals surface area (Å²) in [6, 6.07) is 18.9. The molecule has 2 unspecified atom stereocenters. The van der Waals surface area contributed by atoms with Gasteiger partial charge < -0.3 is 35.3 Å². The van der Waals surface area contributed by atoms with E-state index in [2.05, 4.69) is 10.1 Å². The van der Waals surface area contributed by atoms with Gasteiger partial charge in [0.1, 0.15) is 24.2 Å². The zero-order chi connectivity index (χ0) is 30.3. The van der Waals surface area contributed by atoms with Gasteiger partial charge in [-0.2, -0.15) is 0 Å². The molecule has 0 saturated carbocycles. The number of halogens is 3. The van der Waals surface area contributed by atoms with Crippen molar-refractivity contribution in [1.82, 2.24) is 0 Å². The Morgan fingerprint density at radius 3 is 2.38 bits per heavy atom. The molecule has 1 heterocycles. The minimum Gasteiger partial charge on any atom is -0.489 e. The Kier molecular flexibility index (Phi) is 9.46. The standard InChI is InChI=1S/C30H32F3N3O6/c1-2-3-15-40-26(17-27(34)37)29(19-41-22-7-5-4-6-8-22)35-24-16-21(28(38)39)11-14-25(24)36(29)18-20-9-12-23(13-10-20)42-30(31,32)33/h4-14,16,26,35H,2-3,15,17-19H2,1H3,(H2,34,37)(H,38,39). The van der Waals surface area contributed by atoms with E-state index in [9.17, 15) is 27.9 Å². The average Bonchev–Trinajstić information content (AvgIpc) is 3.25. The molecule has 0 spiro atoms. The summed E-state index contributed by atoms with van der Waals surface area (Å²) in [4.78, 5) is 26.0. The highest BCUT2D eigenvalue weighted by Gasteiger charge is 2.51. The van der Waals surface area contributed by atoms with Gasteiger partial charge in [0.25, 0.3) is 0 Å². The Balaban J connectivity index is 1.80. The number of hydrogen-bond acceptors (Lipinski definition) is 7. The summed E-state index contributed by atoms with van der Waals surface area (Å²) < 4.78 is 54.7. The molecule has 0 saturated heterocycles. The Morgan fingerprint density at radius 2 is 1.76 bits per heavy atom. The summed E-state index contributed by atoms with van der Waals surface area (Å²) in [6.07, 6.45) is -4.34. The van der Waals surface area contributed by atoms with Crippen LogP contribution in [0.4, 0.5) is 24.5 Å². The normalized spacial score (nSPS) is 16.8. The van der Waals surface area contributed by atoms with Crippen molar-refractivity contribution in [2.24, 2.45) is 5.73 Å². The number of nitrogens with two attached hydrogens (primary N) is 1. The number of rotatable bonds is 14. The van der Waals surface area contributed by atoms with Crippen molar-refractivity contribution in [3.63, 3.8) is 0 Å². The largest absolute Gasteiger partial charge is 0.573 e. The van der Waals surface area contributed by atoms with Crippen molar-refractivity contribution >= 4 is 23.3 Å². The monoisotopic (exact) mass is 587 g/mol. The van der Waals surface area contributed by atoms with Crippen LogP contribution in [0.1, 0.15) is 42.1 Å². The van der Waals surface area contributed by atoms with Gasteiger partial charge in [-0.15, -0.1) is 13.2 Å². The zero-order valence-electron chi connectivity index (χ0n) is 22.9. The third-order valence-corrected chi connectivity index (χ3v) is 6.80. The van der Waals surface area contributed by atoms with Gasteiger partial charge >= 0.3 is 12.3 Å². The van der Waals surface area contributed by atoms with Crippen LogP contribution in [-0.2, 0) is 16.1 Å². The van der Waals surface area contributed by atoms with Crippen LogP contribution in [0.15, 0.2) is 72.8 Å². The number of anilines is 2. The lowest BCUT2D eigenvalue weighted by atomic mass is 9.97. The van der Waals surface area contributed by atoms with E-state index in [1.54, 1.807) is 30.3 Å². The molecule has 3 aromatic carbocycles. The molecule has 0 aromatic heterocycles. The molecule has 0 fully saturated rings. The van der Waals surface area contributed by atoms with Crippen LogP contribution in [0.2, 0.25) is 0 Å². The minimum absolute atomic E-state index is 0.0352. The minimum atomic E-state index is -4.83. The second-order valence-corrected chi connectivity index (χ2v) is 9.85. The van der Waals surface area contributed by atoms with Crippen LogP contribution < -0.4 is 25.4 Å². The van der Waals surface area contributed by atoms with Crippen LogP contribution in [0.25, 0.3) is 0 Å². The summed E-state index contributed by atoms with van der Waals surface area (Å²) >= 11 is 0. The fraction of sp³-hybridized carbons (Fsp3) is 0.333. The molecule has 9 nitrogen and oxygen atoms in total. The molecule has 2 atom stereocenters. The van der Waals surface area contributed by atoms with E-state index in [0.717, 1.165) is 6.42 Å². The molecule has 3 aromatic rings. The number of benzene rings is 3. The zero-order valence-corrected chi connectivity index (χ0v) is 22.9. The first-order valence-electron chi connectivity index (χ1n) is 13.4. The maximum Gasteiger partial charge on any atom is 0.573 e. The Morgan fingerprint density at radius 1 is 1.05 bits per heavy atom. The van der Waals surface area contributed by atoms with Crippen molar-refractivity contribution in [1.29, 1.82) is 0 Å². The molecule has 42 heavy (non-hydrogen) atoms. The topological polar surface area (TPSA) is 123 Å². The van der Waals surface area contributed by atoms with Crippen LogP contribution >= 0.6 is 0 Å². The van der Waals surface area contributed by atoms with Crippen LogP contribution in [0.3, 0.4) is 0 Å². The lowest BCUT2D eigenvalue weighted by molar-refractivity contribution is -0.274. The SMILES string of the molecule is CCCCOC(CC(N)=O)C1(COc2ccccc2)Nc2cc(C(=O)O)ccc2N1Cc1ccc(OC(F)(F)F)cc1. The number of carboxylic acid groups (broad SMARTS) is 1. The quantitative estimate of drug-likeness (QED) is 0.210. The predicted octanol–water partition coefficient (Wildman–Crippen LogP) is 5.55. The Hall–Kier alpha value is -4.45. The van der Waals surface area contributed by atoms with E-state index < -0.39 is 30.0 Å². The average molecular weight is 588 g/mol. The molecule has 0 aliphatic carbocycles. The molecule has 1 aliphatic rings. The highest BCUT2D eigenvalue weighted by molar-refractivity contribution is 5.92. The third kappa shape index (κ3) is 7.43. The number of amides is 1. The number of carbonyl (C=O) groups is 2. The highest BCUT2D eigenvalue weighted by atomic mass is 19.4. The number of nitrogens with zero attached hydrogens (tertiary/aromatic N) is 1. The molecule has 0 bridgehead atoms. The maximum absolute atomic E-state index is 12.7. The lowest BCUT2D eigenvalue weighted by Crippen LogP contribution is -2.64. The van der Waals surface area contributed by atoms with E-state index in [1.807, 2.05) is 17.9 Å². The number of ether oxygens (including phenoxy) is 3. The van der Waals surface area contributed by atoms with E-state index in [4.69, 9.17) is 15.2 Å². The van der Waals surface area contributed by atoms with Crippen LogP contribution in [-0.4, -0.2) is 48.3 Å². The number of primary amides is 1. The number of hydrogen-bond donors (Lipinski definition) is 3. The van der Waals surface area contributed by atoms with Crippen molar-refractivity contribution in [2.45, 2.75) is 50.9 Å². The fourth-order valence-electron chi connectivity index (χ4n) is 4.82. The molecule has 1 aliphatic heterocycles. The summed E-state index contributed by atoms with van der Waals surface area (Å²) in [7, 11) is 0. The fourth-order valence-corrected chi connectivity index (χ4v) is 4.82. The number of alkyl halides is 3. The molecule has 4 N–H and O–H groups in total. The number of nitrogens with one attached hydrogen (secondary N) is 1. The van der Waals surface area contributed by atoms with E-state index in [0.29, 0.717) is 35.7 Å². The molecular formula is C30H32F3N3O6. The first-order chi connectivity index (χ1) is 20.0. The van der Waals surface area contributed by atoms with Gasteiger partial charge in [-0.1, -0.05) is 43.7 Å². The predicted molar refractivity (Wildman–Crippen MR) is 149 cm³/mol. The number of fused-ring (bicyclic) bond motifs is 1. The van der Waals surface area contributed by atoms with Gasteiger partial charge in [0.2, 0.25) is 5.91 Å². The van der Waals surface area contributed by atoms with Crippen molar-refractivity contribution in [3.8, 4) is 11.5 Å². The van der Waals surface area contributed by atoms with E-state index in [-0.39, 0.29) is 30.9 Å². The number of aromatic carboxylic acids is 1. The number of carbonyl (C=O) groups excluding carboxylic acids is 1. The van der Waals surface area contributed by atoms with Crippen molar-refractivity contribution in [3.05, 3.63) is 83.9 Å². The van der Waals surface area contributed by atoms with E-state index in [1.165, 1.54) is 36.4 Å². The van der Waals surface area contributed by atoms with Gasteiger partial charge in [-0.05, 0) is 54.4 Å². The first-order valence-corrected chi connectivity index (χ1v) is 13.4. The number of unbranched alkanes of at least 4 members (excludes halogenated alkanes) is 1. The van der Waals surface area contributed by atoms with E-state index >= 15 is 0 Å². The summed E-state index contributed by atoms with van der Waals surface area (Å²) in [6.45, 7) is 2.38. The first kappa shape index (κ1) is 30.5. The van der Waals surface area contributed by atoms with Gasteiger partial charge in [0, 0.05) is 13.2 Å². The molecule has 224 valence electrons. The second-order valence-electron chi connectivity index (χ2n) is 9.85. The third-order valence-electron chi connectivity index (χ3n) is 6.80. The maximum atomic E-state index is 12.7. The van der Waals surface area contributed by atoms with Gasteiger partial charge in [-0.25, -0.2) is 4.79 Å². The Bertz CT molecular complexity index is 1370. The summed E-state index contributed by atoms with van der Waals surface area (Å²) in [5, 5.41) is 13.0. The molecule has 4 rings (SSSR count). The molecule has 0 radical (unpaired) electrons. The highest BCUT2D eigenvalue weighted by Crippen LogP contribution is 2.45. The number of para-hydroxylation sites is 1. The van der Waals surface area contributed by atoms with Crippen molar-refractivity contribution < 1.29 is 42.1 Å². The summed E-state index contributed by atoms with van der Waals surface area (Å²) in [5.74, 6) is -1.57. The summed E-state index contributed by atoms with van der Waals surface area (Å²) in [5.41, 5.74) is 6.08. The van der Waals surface area contributed by atoms with Gasteiger partial charge in [-0.3, -0.25) is 4.79 Å². The van der Waals surface area contributed by atoms with Crippen LogP contribution in [0, 0.1) is 0 Å². The van der Waals surface area contributed by atoms with Crippen molar-refractivity contribution in [2.75, 3.05) is 23.4 Å². The smallest absolute Gasteiger partial charge is 0.489 e. The Labute approximate surface area is 241 Å². The van der Waals surface area contributed by atoms with Gasteiger partial charge in [0.05, 0.1) is 23.4 Å². The van der Waals surface area contributed by atoms with Gasteiger partial charge in [0.15, 0.2) is 5.66 Å². The molecular weight excluding hydrogens is 555 g/mol. The molecule has 12 heteroatoms. The molecule has 1 amide bonds. The number of carboxylic acids is 1. The lowest BCUT2D eigenvalue weighted by Gasteiger charge is -2.44. The second kappa shape index (κ2) is 13.0. The van der Waals surface area contributed by atoms with Crippen LogP contribution in [0.5, 0.6) is 11.5 Å².